The van der Waals surface area contributed by atoms with Gasteiger partial charge in [-0.1, -0.05) is 65.9 Å². The molecule has 0 aliphatic heterocycles. The van der Waals surface area contributed by atoms with Crippen molar-refractivity contribution in [2.75, 3.05) is 25.6 Å². The molecule has 0 saturated carbocycles. The highest BCUT2D eigenvalue weighted by Crippen LogP contribution is 2.30. The molecule has 0 spiro atoms. The number of hydrogen-bond donors (Lipinski definition) is 1. The summed E-state index contributed by atoms with van der Waals surface area (Å²) < 4.78 is 11.7. The Labute approximate surface area is 228 Å². The Hall–Kier alpha value is -4.76. The van der Waals surface area contributed by atoms with Crippen molar-refractivity contribution in [1.82, 2.24) is 4.98 Å². The van der Waals surface area contributed by atoms with Crippen LogP contribution in [0.15, 0.2) is 90.5 Å². The number of anilines is 1. The van der Waals surface area contributed by atoms with Gasteiger partial charge >= 0.3 is 5.97 Å². The van der Waals surface area contributed by atoms with Gasteiger partial charge in [0.1, 0.15) is 5.75 Å². The summed E-state index contributed by atoms with van der Waals surface area (Å²) >= 11 is 1.37. The first-order valence-corrected chi connectivity index (χ1v) is 13.1. The van der Waals surface area contributed by atoms with Gasteiger partial charge in [0.15, 0.2) is 5.13 Å². The minimum absolute atomic E-state index is 0.0410. The summed E-state index contributed by atoms with van der Waals surface area (Å²) in [4.78, 5) is 27.1. The van der Waals surface area contributed by atoms with Crippen LogP contribution in [-0.4, -0.2) is 36.1 Å². The van der Waals surface area contributed by atoms with Crippen molar-refractivity contribution in [3.63, 3.8) is 0 Å². The number of thiazole rings is 1. The zero-order chi connectivity index (χ0) is 27.2. The molecule has 0 bridgehead atoms. The quantitative estimate of drug-likeness (QED) is 0.115. The van der Waals surface area contributed by atoms with E-state index in [-0.39, 0.29) is 11.7 Å². The lowest BCUT2D eigenvalue weighted by Crippen LogP contribution is -2.08. The number of nitro groups is 1. The lowest BCUT2D eigenvalue weighted by molar-refractivity contribution is -0.384. The second kappa shape index (κ2) is 11.7. The molecule has 39 heavy (non-hydrogen) atoms. The van der Waals surface area contributed by atoms with Gasteiger partial charge in [0, 0.05) is 30.5 Å². The van der Waals surface area contributed by atoms with Crippen molar-refractivity contribution in [3.05, 3.63) is 112 Å². The van der Waals surface area contributed by atoms with Gasteiger partial charge in [-0.15, -0.1) is 0 Å². The molecular weight excluding hydrogens is 514 g/mol. The minimum Gasteiger partial charge on any atom is -0.493 e. The second-order valence-corrected chi connectivity index (χ2v) is 9.80. The smallest absolute Gasteiger partial charge is 0.337 e. The number of aromatic nitrogens is 1. The molecule has 0 saturated heterocycles. The Morgan fingerprint density at radius 2 is 1.85 bits per heavy atom. The van der Waals surface area contributed by atoms with Crippen molar-refractivity contribution >= 4 is 55.2 Å². The number of rotatable bonds is 10. The normalized spacial score (nSPS) is 11.5. The summed E-state index contributed by atoms with van der Waals surface area (Å²) in [5.41, 5.74) is 3.23. The van der Waals surface area contributed by atoms with E-state index in [1.807, 2.05) is 42.5 Å². The minimum atomic E-state index is -0.408. The molecule has 5 aromatic rings. The Morgan fingerprint density at radius 3 is 2.64 bits per heavy atom. The summed E-state index contributed by atoms with van der Waals surface area (Å²) in [6.07, 6.45) is 2.70. The van der Waals surface area contributed by atoms with Crippen molar-refractivity contribution in [3.8, 4) is 5.75 Å². The van der Waals surface area contributed by atoms with Crippen LogP contribution in [0.3, 0.4) is 0 Å². The van der Waals surface area contributed by atoms with Crippen LogP contribution in [0.5, 0.6) is 5.75 Å². The fourth-order valence-corrected chi connectivity index (χ4v) is 5.08. The highest BCUT2D eigenvalue weighted by molar-refractivity contribution is 7.22. The zero-order valence-corrected chi connectivity index (χ0v) is 21.9. The molecule has 8 nitrogen and oxygen atoms in total. The Balaban J connectivity index is 1.33. The average Bonchev–Trinajstić information content (AvgIpc) is 3.38. The molecule has 1 aromatic heterocycles. The highest BCUT2D eigenvalue weighted by atomic mass is 32.1. The molecule has 0 amide bonds. The Morgan fingerprint density at radius 1 is 1.05 bits per heavy atom. The van der Waals surface area contributed by atoms with E-state index in [4.69, 9.17) is 9.47 Å². The number of hydrogen-bond acceptors (Lipinski definition) is 8. The van der Waals surface area contributed by atoms with E-state index in [1.54, 1.807) is 18.2 Å². The van der Waals surface area contributed by atoms with E-state index in [9.17, 15) is 14.9 Å². The standard InChI is InChI=1S/C30H25N3O5S/c1-37-29(34)23-11-9-20(10-12-23)17-21(15-16-38-27-8-4-6-22-5-2-3-7-25(22)27)19-31-30-32-26-14-13-24(33(35)36)18-28(26)39-30/h2-14,17-18H,15-16,19H2,1H3,(H,31,32). The fraction of sp³-hybridized carbons (Fsp3) is 0.133. The third-order valence-corrected chi connectivity index (χ3v) is 7.16. The van der Waals surface area contributed by atoms with Crippen LogP contribution in [0.2, 0.25) is 0 Å². The first-order chi connectivity index (χ1) is 19.0. The molecule has 1 heterocycles. The maximum atomic E-state index is 11.8. The number of methoxy groups -OCH3 is 1. The van der Waals surface area contributed by atoms with Crippen molar-refractivity contribution in [2.45, 2.75) is 6.42 Å². The Bertz CT molecular complexity index is 1670. The number of fused-ring (bicyclic) bond motifs is 2. The van der Waals surface area contributed by atoms with Crippen LogP contribution in [0, 0.1) is 10.1 Å². The van der Waals surface area contributed by atoms with E-state index in [0.29, 0.717) is 35.8 Å². The maximum Gasteiger partial charge on any atom is 0.337 e. The van der Waals surface area contributed by atoms with E-state index in [1.165, 1.54) is 30.6 Å². The van der Waals surface area contributed by atoms with Gasteiger partial charge in [0.25, 0.3) is 5.69 Å². The van der Waals surface area contributed by atoms with Crippen LogP contribution < -0.4 is 10.1 Å². The van der Waals surface area contributed by atoms with Gasteiger partial charge in [-0.3, -0.25) is 10.1 Å². The number of ether oxygens (including phenoxy) is 2. The molecule has 0 radical (unpaired) electrons. The molecule has 0 fully saturated rings. The van der Waals surface area contributed by atoms with Crippen LogP contribution in [-0.2, 0) is 4.74 Å². The van der Waals surface area contributed by atoms with Gasteiger partial charge in [0.2, 0.25) is 0 Å². The lowest BCUT2D eigenvalue weighted by Gasteiger charge is -2.12. The number of nitrogens with one attached hydrogen (secondary N) is 1. The van der Waals surface area contributed by atoms with Gasteiger partial charge in [-0.05, 0) is 40.8 Å². The number of nitrogens with zero attached hydrogens (tertiary/aromatic N) is 2. The predicted octanol–water partition coefficient (Wildman–Crippen LogP) is 7.11. The molecule has 5 rings (SSSR count). The summed E-state index contributed by atoms with van der Waals surface area (Å²) in [6.45, 7) is 0.966. The zero-order valence-electron chi connectivity index (χ0n) is 21.1. The summed E-state index contributed by atoms with van der Waals surface area (Å²) in [6, 6.07) is 26.0. The molecule has 196 valence electrons. The van der Waals surface area contributed by atoms with Crippen LogP contribution in [0.4, 0.5) is 10.8 Å². The van der Waals surface area contributed by atoms with E-state index >= 15 is 0 Å². The van der Waals surface area contributed by atoms with Crippen molar-refractivity contribution in [2.24, 2.45) is 0 Å². The van der Waals surface area contributed by atoms with Crippen LogP contribution in [0.25, 0.3) is 27.1 Å². The molecule has 0 aliphatic rings. The third kappa shape index (κ3) is 6.22. The fourth-order valence-electron chi connectivity index (χ4n) is 4.19. The number of non-ortho nitro benzene ring substituents is 1. The second-order valence-electron chi connectivity index (χ2n) is 8.77. The first kappa shape index (κ1) is 25.9. The molecule has 0 unspecified atom stereocenters. The topological polar surface area (TPSA) is 104 Å². The summed E-state index contributed by atoms with van der Waals surface area (Å²) in [7, 11) is 1.36. The van der Waals surface area contributed by atoms with Gasteiger partial charge < -0.3 is 14.8 Å². The largest absolute Gasteiger partial charge is 0.493 e. The van der Waals surface area contributed by atoms with E-state index in [0.717, 1.165) is 32.4 Å². The molecule has 0 aliphatic carbocycles. The monoisotopic (exact) mass is 539 g/mol. The van der Waals surface area contributed by atoms with Crippen molar-refractivity contribution in [1.29, 1.82) is 0 Å². The molecule has 4 aromatic carbocycles. The number of carbonyl (C=O) groups is 1. The number of benzene rings is 4. The maximum absolute atomic E-state index is 11.8. The summed E-state index contributed by atoms with van der Waals surface area (Å²) in [5.74, 6) is 0.447. The molecule has 0 atom stereocenters. The first-order valence-electron chi connectivity index (χ1n) is 12.3. The van der Waals surface area contributed by atoms with E-state index in [2.05, 4.69) is 28.5 Å². The number of nitro benzene ring substituents is 1. The SMILES string of the molecule is COC(=O)c1ccc(C=C(CCOc2cccc3ccccc23)CNc2nc3ccc([N+](=O)[O-])cc3s2)cc1. The summed E-state index contributed by atoms with van der Waals surface area (Å²) in [5, 5.41) is 17.3. The molecule has 9 heteroatoms. The average molecular weight is 540 g/mol. The molecule has 1 N–H and O–H groups in total. The van der Waals surface area contributed by atoms with Gasteiger partial charge in [0.05, 0.1) is 34.4 Å². The van der Waals surface area contributed by atoms with E-state index < -0.39 is 4.92 Å². The van der Waals surface area contributed by atoms with Gasteiger partial charge in [-0.2, -0.15) is 0 Å². The van der Waals surface area contributed by atoms with Crippen LogP contribution >= 0.6 is 11.3 Å². The van der Waals surface area contributed by atoms with Crippen LogP contribution in [0.1, 0.15) is 22.3 Å². The predicted molar refractivity (Wildman–Crippen MR) is 155 cm³/mol. The third-order valence-electron chi connectivity index (χ3n) is 6.18. The molecular formula is C30H25N3O5S. The number of esters is 1. The van der Waals surface area contributed by atoms with Gasteiger partial charge in [-0.25, -0.2) is 9.78 Å². The number of carbonyl (C=O) groups excluding carboxylic acids is 1. The van der Waals surface area contributed by atoms with Crippen molar-refractivity contribution < 1.29 is 19.2 Å². The lowest BCUT2D eigenvalue weighted by atomic mass is 10.1. The highest BCUT2D eigenvalue weighted by Gasteiger charge is 2.11. The Kier molecular flexibility index (Phi) is 7.79.